The van der Waals surface area contributed by atoms with Gasteiger partial charge < -0.3 is 19.6 Å². The maximum Gasteiger partial charge on any atom is 0.228 e. The monoisotopic (exact) mass is 380 g/mol. The maximum atomic E-state index is 12.8. The number of hydrogen-bond donors (Lipinski definition) is 0. The van der Waals surface area contributed by atoms with Crippen molar-refractivity contribution in [3.8, 4) is 0 Å². The van der Waals surface area contributed by atoms with Crippen LogP contribution in [0.25, 0.3) is 0 Å². The summed E-state index contributed by atoms with van der Waals surface area (Å²) in [6, 6.07) is 0. The third kappa shape index (κ3) is 4.50. The Bertz CT molecular complexity index is 641. The SMILES string of the molecule is Cc1nnc(N2CCN(C(=O)C3CC(=O)N(CCCN(C)C)C3)CC2)s1. The van der Waals surface area contributed by atoms with Crippen molar-refractivity contribution < 1.29 is 9.59 Å². The molecule has 0 N–H and O–H groups in total. The van der Waals surface area contributed by atoms with E-state index < -0.39 is 0 Å². The van der Waals surface area contributed by atoms with E-state index in [0.29, 0.717) is 26.1 Å². The molecule has 2 fully saturated rings. The Hall–Kier alpha value is -1.74. The Kier molecular flexibility index (Phi) is 6.08. The zero-order valence-corrected chi connectivity index (χ0v) is 16.7. The average Bonchev–Trinajstić information content (AvgIpc) is 3.20. The second-order valence-electron chi connectivity index (χ2n) is 7.31. The summed E-state index contributed by atoms with van der Waals surface area (Å²) in [4.78, 5) is 33.1. The fourth-order valence-corrected chi connectivity index (χ4v) is 4.26. The van der Waals surface area contributed by atoms with Crippen molar-refractivity contribution in [3.63, 3.8) is 0 Å². The normalized spacial score (nSPS) is 21.2. The van der Waals surface area contributed by atoms with Gasteiger partial charge >= 0.3 is 0 Å². The lowest BCUT2D eigenvalue weighted by Crippen LogP contribution is -2.50. The van der Waals surface area contributed by atoms with Crippen LogP contribution >= 0.6 is 11.3 Å². The molecule has 1 unspecified atom stereocenters. The van der Waals surface area contributed by atoms with Crippen molar-refractivity contribution in [3.05, 3.63) is 5.01 Å². The van der Waals surface area contributed by atoms with E-state index in [0.717, 1.165) is 42.7 Å². The molecular formula is C17H28N6O2S. The van der Waals surface area contributed by atoms with Crippen molar-refractivity contribution in [2.75, 3.05) is 64.8 Å². The number of rotatable bonds is 6. The summed E-state index contributed by atoms with van der Waals surface area (Å²) in [5.74, 6) is 0.0591. The van der Waals surface area contributed by atoms with Crippen molar-refractivity contribution in [2.24, 2.45) is 5.92 Å². The first-order chi connectivity index (χ1) is 12.4. The molecule has 2 aliphatic rings. The minimum absolute atomic E-state index is 0.116. The third-order valence-corrected chi connectivity index (χ3v) is 5.87. The molecule has 144 valence electrons. The van der Waals surface area contributed by atoms with Crippen molar-refractivity contribution >= 4 is 28.3 Å². The van der Waals surface area contributed by atoms with Crippen molar-refractivity contribution in [2.45, 2.75) is 19.8 Å². The van der Waals surface area contributed by atoms with Gasteiger partial charge in [-0.2, -0.15) is 0 Å². The molecule has 0 radical (unpaired) electrons. The highest BCUT2D eigenvalue weighted by molar-refractivity contribution is 7.15. The number of aryl methyl sites for hydroxylation is 1. The number of carbonyl (C=O) groups excluding carboxylic acids is 2. The molecule has 2 aliphatic heterocycles. The van der Waals surface area contributed by atoms with Gasteiger partial charge in [-0.05, 0) is 34.0 Å². The lowest BCUT2D eigenvalue weighted by molar-refractivity contribution is -0.136. The second-order valence-corrected chi connectivity index (χ2v) is 8.47. The highest BCUT2D eigenvalue weighted by atomic mass is 32.1. The first-order valence-electron chi connectivity index (χ1n) is 9.20. The van der Waals surface area contributed by atoms with Gasteiger partial charge in [0.1, 0.15) is 5.01 Å². The predicted octanol–water partition coefficient (Wildman–Crippen LogP) is 0.295. The van der Waals surface area contributed by atoms with Crippen LogP contribution in [0.2, 0.25) is 0 Å². The van der Waals surface area contributed by atoms with E-state index in [2.05, 4.69) is 20.0 Å². The van der Waals surface area contributed by atoms with E-state index in [1.165, 1.54) is 0 Å². The van der Waals surface area contributed by atoms with E-state index >= 15 is 0 Å². The number of carbonyl (C=O) groups is 2. The molecule has 9 heteroatoms. The summed E-state index contributed by atoms with van der Waals surface area (Å²) in [7, 11) is 4.06. The van der Waals surface area contributed by atoms with E-state index in [-0.39, 0.29) is 17.7 Å². The predicted molar refractivity (Wildman–Crippen MR) is 101 cm³/mol. The Morgan fingerprint density at radius 1 is 1.23 bits per heavy atom. The van der Waals surface area contributed by atoms with Crippen molar-refractivity contribution in [1.29, 1.82) is 0 Å². The molecule has 0 spiro atoms. The summed E-state index contributed by atoms with van der Waals surface area (Å²) in [5.41, 5.74) is 0. The van der Waals surface area contributed by atoms with E-state index in [4.69, 9.17) is 0 Å². The Labute approximate surface area is 158 Å². The lowest BCUT2D eigenvalue weighted by atomic mass is 10.1. The fourth-order valence-electron chi connectivity index (χ4n) is 3.52. The van der Waals surface area contributed by atoms with Crippen LogP contribution in [0.5, 0.6) is 0 Å². The summed E-state index contributed by atoms with van der Waals surface area (Å²) in [5, 5.41) is 10.1. The first kappa shape index (κ1) is 19.0. The Morgan fingerprint density at radius 2 is 1.96 bits per heavy atom. The van der Waals surface area contributed by atoms with E-state index in [1.807, 2.05) is 30.8 Å². The molecule has 0 bridgehead atoms. The number of nitrogens with zero attached hydrogens (tertiary/aromatic N) is 6. The molecule has 0 saturated carbocycles. The molecule has 26 heavy (non-hydrogen) atoms. The van der Waals surface area contributed by atoms with Crippen LogP contribution in [0.4, 0.5) is 5.13 Å². The van der Waals surface area contributed by atoms with Gasteiger partial charge in [-0.1, -0.05) is 11.3 Å². The van der Waals surface area contributed by atoms with Gasteiger partial charge in [-0.15, -0.1) is 10.2 Å². The number of hydrogen-bond acceptors (Lipinski definition) is 7. The molecule has 3 rings (SSSR count). The zero-order chi connectivity index (χ0) is 18.7. The number of aromatic nitrogens is 2. The molecule has 8 nitrogen and oxygen atoms in total. The smallest absolute Gasteiger partial charge is 0.228 e. The van der Waals surface area contributed by atoms with Crippen LogP contribution in [-0.4, -0.2) is 96.6 Å². The van der Waals surface area contributed by atoms with Crippen LogP contribution < -0.4 is 4.90 Å². The summed E-state index contributed by atoms with van der Waals surface area (Å²) >= 11 is 1.58. The summed E-state index contributed by atoms with van der Waals surface area (Å²) in [6.07, 6.45) is 1.30. The highest BCUT2D eigenvalue weighted by Crippen LogP contribution is 2.24. The van der Waals surface area contributed by atoms with Gasteiger partial charge in [0.25, 0.3) is 0 Å². The maximum absolute atomic E-state index is 12.8. The standard InChI is InChI=1S/C17H28N6O2S/c1-13-18-19-17(26-13)22-9-7-21(8-10-22)16(25)14-11-15(24)23(12-14)6-4-5-20(2)3/h14H,4-12H2,1-3H3. The Balaban J connectivity index is 1.47. The number of likely N-dealkylation sites (tertiary alicyclic amines) is 1. The highest BCUT2D eigenvalue weighted by Gasteiger charge is 2.37. The second kappa shape index (κ2) is 8.30. The zero-order valence-electron chi connectivity index (χ0n) is 15.8. The van der Waals surface area contributed by atoms with E-state index in [1.54, 1.807) is 11.3 Å². The van der Waals surface area contributed by atoms with Gasteiger partial charge in [-0.25, -0.2) is 0 Å². The molecule has 1 aromatic heterocycles. The van der Waals surface area contributed by atoms with Gasteiger partial charge in [0.05, 0.1) is 5.92 Å². The molecule has 1 aromatic rings. The van der Waals surface area contributed by atoms with Crippen LogP contribution in [0.1, 0.15) is 17.8 Å². The van der Waals surface area contributed by atoms with Gasteiger partial charge in [-0.3, -0.25) is 9.59 Å². The van der Waals surface area contributed by atoms with Gasteiger partial charge in [0, 0.05) is 45.7 Å². The third-order valence-electron chi connectivity index (χ3n) is 4.97. The quantitative estimate of drug-likeness (QED) is 0.707. The van der Waals surface area contributed by atoms with Crippen LogP contribution in [0.3, 0.4) is 0 Å². The summed E-state index contributed by atoms with van der Waals surface area (Å²) < 4.78 is 0. The van der Waals surface area contributed by atoms with Gasteiger partial charge in [0.2, 0.25) is 16.9 Å². The first-order valence-corrected chi connectivity index (χ1v) is 10.0. The molecule has 3 heterocycles. The summed E-state index contributed by atoms with van der Waals surface area (Å²) in [6.45, 7) is 7.12. The van der Waals surface area contributed by atoms with E-state index in [9.17, 15) is 9.59 Å². The number of amides is 2. The minimum Gasteiger partial charge on any atom is -0.343 e. The van der Waals surface area contributed by atoms with Crippen LogP contribution in [-0.2, 0) is 9.59 Å². The topological polar surface area (TPSA) is 72.9 Å². The van der Waals surface area contributed by atoms with Gasteiger partial charge in [0.15, 0.2) is 0 Å². The largest absolute Gasteiger partial charge is 0.343 e. The average molecular weight is 381 g/mol. The molecule has 2 saturated heterocycles. The fraction of sp³-hybridized carbons (Fsp3) is 0.765. The minimum atomic E-state index is -0.183. The van der Waals surface area contributed by atoms with Crippen LogP contribution in [0, 0.1) is 12.8 Å². The molecule has 2 amide bonds. The Morgan fingerprint density at radius 3 is 2.58 bits per heavy atom. The number of piperazine rings is 1. The molecule has 1 atom stereocenters. The molecule has 0 aliphatic carbocycles. The van der Waals surface area contributed by atoms with Crippen LogP contribution in [0.15, 0.2) is 0 Å². The molecule has 0 aromatic carbocycles. The van der Waals surface area contributed by atoms with Crippen molar-refractivity contribution in [1.82, 2.24) is 24.9 Å². The lowest BCUT2D eigenvalue weighted by Gasteiger charge is -2.35. The number of anilines is 1. The molecular weight excluding hydrogens is 352 g/mol.